The van der Waals surface area contributed by atoms with Gasteiger partial charge in [-0.15, -0.1) is 11.3 Å². The van der Waals surface area contributed by atoms with Crippen LogP contribution in [0.25, 0.3) is 17.1 Å². The van der Waals surface area contributed by atoms with Crippen molar-refractivity contribution in [1.29, 1.82) is 0 Å². The van der Waals surface area contributed by atoms with Crippen molar-refractivity contribution in [2.75, 3.05) is 0 Å². The van der Waals surface area contributed by atoms with E-state index in [-0.39, 0.29) is 21.1 Å². The molecule has 3 aromatic rings. The topological polar surface area (TPSA) is 30.7 Å². The number of imidazole rings is 1. The average Bonchev–Trinajstić information content (AvgIpc) is 2.98. The molecule has 0 bridgehead atoms. The van der Waals surface area contributed by atoms with Crippen molar-refractivity contribution < 1.29 is 21.1 Å². The number of benzene rings is 1. The number of rotatable bonds is 2. The third-order valence-electron chi connectivity index (χ3n) is 2.59. The summed E-state index contributed by atoms with van der Waals surface area (Å²) in [5.41, 5.74) is 3.97. The normalized spacial score (nSPS) is 10.1. The first kappa shape index (κ1) is 13.2. The number of nitrogens with zero attached hydrogens (tertiary/aromatic N) is 3. The third kappa shape index (κ3) is 2.31. The molecule has 3 rings (SSSR count). The number of hydrogen-bond donors (Lipinski definition) is 0. The van der Waals surface area contributed by atoms with E-state index < -0.39 is 0 Å². The van der Waals surface area contributed by atoms with Crippen LogP contribution in [0.5, 0.6) is 0 Å². The Kier molecular flexibility index (Phi) is 4.10. The summed E-state index contributed by atoms with van der Waals surface area (Å²) in [6.07, 6.45) is 4.77. The van der Waals surface area contributed by atoms with Crippen LogP contribution in [0.3, 0.4) is 0 Å². The quantitative estimate of drug-likeness (QED) is 0.580. The van der Waals surface area contributed by atoms with Gasteiger partial charge >= 0.3 is 0 Å². The predicted molar refractivity (Wildman–Crippen MR) is 68.2 cm³/mol. The molecule has 18 heavy (non-hydrogen) atoms. The minimum absolute atomic E-state index is 0. The molecular weight excluding hydrogens is 425 g/mol. The fourth-order valence-corrected chi connectivity index (χ4v) is 2.31. The van der Waals surface area contributed by atoms with Gasteiger partial charge in [0.25, 0.3) is 0 Å². The Morgan fingerprint density at radius 2 is 2.00 bits per heavy atom. The van der Waals surface area contributed by atoms with Gasteiger partial charge in [-0.05, 0) is 6.92 Å². The van der Waals surface area contributed by atoms with Gasteiger partial charge in [0, 0.05) is 32.3 Å². The average molecular weight is 435 g/mol. The first-order chi connectivity index (χ1) is 8.36. The molecule has 0 unspecified atom stereocenters. The summed E-state index contributed by atoms with van der Waals surface area (Å²) in [4.78, 5) is 9.62. The van der Waals surface area contributed by atoms with Crippen molar-refractivity contribution in [1.82, 2.24) is 14.5 Å². The second-order valence-electron chi connectivity index (χ2n) is 3.68. The Balaban J connectivity index is 0.00000120. The molecule has 0 amide bonds. The van der Waals surface area contributed by atoms with Gasteiger partial charge < -0.3 is 9.55 Å². The number of thiazole rings is 1. The SMILES string of the molecule is Cc1scnc1-n1[c-]ncc1-c1ccccc1.[Pt]. The maximum atomic E-state index is 4.35. The molecule has 5 heteroatoms. The van der Waals surface area contributed by atoms with Crippen LogP contribution in [0.15, 0.2) is 42.0 Å². The summed E-state index contributed by atoms with van der Waals surface area (Å²) in [6.45, 7) is 2.05. The molecule has 0 spiro atoms. The van der Waals surface area contributed by atoms with Gasteiger partial charge in [0.15, 0.2) is 0 Å². The summed E-state index contributed by atoms with van der Waals surface area (Å²) < 4.78 is 1.90. The zero-order valence-corrected chi connectivity index (χ0v) is 12.7. The van der Waals surface area contributed by atoms with E-state index in [2.05, 4.69) is 35.4 Å². The number of hydrogen-bond acceptors (Lipinski definition) is 3. The second-order valence-corrected chi connectivity index (χ2v) is 4.74. The molecule has 0 aliphatic rings. The van der Waals surface area contributed by atoms with Crippen LogP contribution in [0, 0.1) is 13.3 Å². The minimum atomic E-state index is 0. The van der Waals surface area contributed by atoms with Crippen LogP contribution in [-0.4, -0.2) is 14.5 Å². The van der Waals surface area contributed by atoms with E-state index in [9.17, 15) is 0 Å². The summed E-state index contributed by atoms with van der Waals surface area (Å²) in [6, 6.07) is 10.1. The van der Waals surface area contributed by atoms with Crippen molar-refractivity contribution in [2.24, 2.45) is 0 Å². The van der Waals surface area contributed by atoms with Gasteiger partial charge in [-0.25, -0.2) is 0 Å². The van der Waals surface area contributed by atoms with Crippen molar-refractivity contribution in [3.63, 3.8) is 0 Å². The molecular formula is C13H10N3PtS-. The van der Waals surface area contributed by atoms with E-state index in [1.54, 1.807) is 11.3 Å². The Morgan fingerprint density at radius 3 is 2.67 bits per heavy atom. The molecule has 0 aliphatic carbocycles. The summed E-state index contributed by atoms with van der Waals surface area (Å²) in [5.74, 6) is 0.909. The summed E-state index contributed by atoms with van der Waals surface area (Å²) >= 11 is 1.63. The molecule has 2 aromatic heterocycles. The molecule has 0 radical (unpaired) electrons. The van der Waals surface area contributed by atoms with Crippen LogP contribution in [0.2, 0.25) is 0 Å². The molecule has 94 valence electrons. The molecule has 0 fully saturated rings. The van der Waals surface area contributed by atoms with Crippen LogP contribution < -0.4 is 0 Å². The molecule has 0 saturated carbocycles. The van der Waals surface area contributed by atoms with Crippen LogP contribution in [0.4, 0.5) is 0 Å². The molecule has 0 N–H and O–H groups in total. The second kappa shape index (κ2) is 5.59. The van der Waals surface area contributed by atoms with Gasteiger partial charge in [-0.1, -0.05) is 47.8 Å². The molecule has 3 nitrogen and oxygen atoms in total. The monoisotopic (exact) mass is 435 g/mol. The largest absolute Gasteiger partial charge is 0.410 e. The fraction of sp³-hybridized carbons (Fsp3) is 0.0769. The van der Waals surface area contributed by atoms with E-state index in [0.717, 1.165) is 22.0 Å². The minimum Gasteiger partial charge on any atom is -0.410 e. The molecule has 0 atom stereocenters. The smallest absolute Gasteiger partial charge is 0.0697 e. The van der Waals surface area contributed by atoms with E-state index in [1.807, 2.05) is 34.5 Å². The van der Waals surface area contributed by atoms with Crippen molar-refractivity contribution in [3.8, 4) is 17.1 Å². The van der Waals surface area contributed by atoms with E-state index in [1.165, 1.54) is 0 Å². The maximum absolute atomic E-state index is 4.35. The Hall–Kier alpha value is -1.25. The van der Waals surface area contributed by atoms with Crippen molar-refractivity contribution in [2.45, 2.75) is 6.92 Å². The molecule has 2 heterocycles. The standard InChI is InChI=1S/C13H10N3S.Pt/c1-10-13(15-9-17-10)16-8-14-7-12(16)11-5-3-2-4-6-11;/h2-7,9H,1H3;/q-1;. The third-order valence-corrected chi connectivity index (χ3v) is 3.33. The first-order valence-corrected chi connectivity index (χ1v) is 6.15. The van der Waals surface area contributed by atoms with E-state index in [4.69, 9.17) is 0 Å². The Labute approximate surface area is 124 Å². The first-order valence-electron chi connectivity index (χ1n) is 5.27. The van der Waals surface area contributed by atoms with E-state index in [0.29, 0.717) is 0 Å². The summed E-state index contributed by atoms with van der Waals surface area (Å²) in [5, 5.41) is 0. The Morgan fingerprint density at radius 1 is 1.22 bits per heavy atom. The Bertz CT molecular complexity index is 630. The zero-order valence-electron chi connectivity index (χ0n) is 9.61. The van der Waals surface area contributed by atoms with Crippen LogP contribution in [-0.2, 0) is 21.1 Å². The van der Waals surface area contributed by atoms with Crippen molar-refractivity contribution >= 4 is 11.3 Å². The van der Waals surface area contributed by atoms with Gasteiger partial charge in [-0.2, -0.15) is 0 Å². The van der Waals surface area contributed by atoms with Gasteiger partial charge in [-0.3, -0.25) is 4.98 Å². The number of aryl methyl sites for hydroxylation is 1. The van der Waals surface area contributed by atoms with Crippen molar-refractivity contribution in [3.05, 3.63) is 53.2 Å². The molecule has 1 aromatic carbocycles. The number of aromatic nitrogens is 3. The maximum Gasteiger partial charge on any atom is 0.0697 e. The predicted octanol–water partition coefficient (Wildman–Crippen LogP) is 3.10. The molecule has 0 saturated heterocycles. The summed E-state index contributed by atoms with van der Waals surface area (Å²) in [7, 11) is 0. The van der Waals surface area contributed by atoms with Gasteiger partial charge in [0.2, 0.25) is 0 Å². The zero-order chi connectivity index (χ0) is 11.7. The van der Waals surface area contributed by atoms with E-state index >= 15 is 0 Å². The van der Waals surface area contributed by atoms with Crippen LogP contribution in [0.1, 0.15) is 4.88 Å². The molecule has 0 aliphatic heterocycles. The van der Waals surface area contributed by atoms with Crippen LogP contribution >= 0.6 is 11.3 Å². The van der Waals surface area contributed by atoms with Gasteiger partial charge in [0.05, 0.1) is 11.3 Å². The van der Waals surface area contributed by atoms with Gasteiger partial charge in [0.1, 0.15) is 0 Å². The fourth-order valence-electron chi connectivity index (χ4n) is 1.75.